The van der Waals surface area contributed by atoms with Gasteiger partial charge in [-0.2, -0.15) is 0 Å². The number of benzene rings is 1. The molecule has 2 atom stereocenters. The van der Waals surface area contributed by atoms with Gasteiger partial charge in [-0.25, -0.2) is 13.0 Å². The van der Waals surface area contributed by atoms with E-state index in [0.29, 0.717) is 17.4 Å². The number of esters is 2. The number of ether oxygens (including phenoxy) is 2. The van der Waals surface area contributed by atoms with Crippen LogP contribution in [-0.4, -0.2) is 83.0 Å². The molecule has 0 spiro atoms. The molecular weight excluding hydrogens is 837 g/mol. The van der Waals surface area contributed by atoms with Crippen LogP contribution in [0.15, 0.2) is 29.2 Å². The molecule has 1 rings (SSSR count). The number of carbonyl (C=O) groups is 2. The molecule has 0 aliphatic heterocycles. The van der Waals surface area contributed by atoms with E-state index in [1.54, 1.807) is 12.1 Å². The zero-order valence-electron chi connectivity index (χ0n) is 39.3. The predicted octanol–water partition coefficient (Wildman–Crippen LogP) is 13.4. The fourth-order valence-corrected chi connectivity index (χ4v) is 8.10. The minimum Gasteiger partial charge on any atom is -0.744 e. The van der Waals surface area contributed by atoms with Crippen molar-refractivity contribution in [3.8, 4) is 0 Å². The Hall–Kier alpha value is -1.53. The molecule has 0 radical (unpaired) electrons. The lowest BCUT2D eigenvalue weighted by atomic mass is 10.0. The van der Waals surface area contributed by atoms with E-state index in [1.165, 1.54) is 141 Å². The quantitative estimate of drug-likeness (QED) is 0.0206. The molecule has 0 aliphatic rings. The molecule has 0 fully saturated rings. The van der Waals surface area contributed by atoms with E-state index in [-0.39, 0.29) is 43.1 Å². The third kappa shape index (κ3) is 41.0. The lowest BCUT2D eigenvalue weighted by Crippen LogP contribution is -2.37. The van der Waals surface area contributed by atoms with E-state index in [0.717, 1.165) is 44.1 Å². The zero-order valence-corrected chi connectivity index (χ0v) is 41.7. The van der Waals surface area contributed by atoms with Gasteiger partial charge in [0.15, 0.2) is 6.10 Å². The van der Waals surface area contributed by atoms with Crippen molar-refractivity contribution < 1.29 is 50.1 Å². The minimum absolute atomic E-state index is 0.155. The molecule has 1 aromatic rings. The minimum atomic E-state index is -4.27. The molecule has 61 heavy (non-hydrogen) atoms. The summed E-state index contributed by atoms with van der Waals surface area (Å²) in [4.78, 5) is 25.0. The molecule has 0 bridgehead atoms. The largest absolute Gasteiger partial charge is 0.744 e. The number of aryl methyl sites for hydroxylation is 1. The van der Waals surface area contributed by atoms with Gasteiger partial charge in [0, 0.05) is 24.1 Å². The van der Waals surface area contributed by atoms with E-state index in [1.807, 2.05) is 28.1 Å². The van der Waals surface area contributed by atoms with Gasteiger partial charge in [-0.05, 0) is 31.9 Å². The summed E-state index contributed by atoms with van der Waals surface area (Å²) in [5.41, 5.74) is 0.928. The average molecular weight is 925 g/mol. The van der Waals surface area contributed by atoms with Crippen LogP contribution in [0.25, 0.3) is 0 Å². The predicted molar refractivity (Wildman–Crippen MR) is 249 cm³/mol. The van der Waals surface area contributed by atoms with Crippen LogP contribution in [0.1, 0.15) is 199 Å². The number of hydrogen-bond donors (Lipinski definition) is 0. The fraction of sp³-hybridized carbons (Fsp3) is 0.830. The molecule has 0 saturated heterocycles. The first-order chi connectivity index (χ1) is 29.0. The second-order valence-corrected chi connectivity index (χ2v) is 21.6. The molecule has 1 unspecified atom stereocenters. The number of carbonyl (C=O) groups excluding carboxylic acids is 2. The Labute approximate surface area is 377 Å². The van der Waals surface area contributed by atoms with E-state index >= 15 is 0 Å². The van der Waals surface area contributed by atoms with Crippen LogP contribution in [0.4, 0.5) is 0 Å². The molecule has 14 heteroatoms. The number of hydrogen-bond acceptors (Lipinski definition) is 10. The summed E-state index contributed by atoms with van der Waals surface area (Å²) in [5, 5.41) is 0. The molecule has 0 aliphatic carbocycles. The Morgan fingerprint density at radius 1 is 0.623 bits per heavy atom. The number of halogens is 1. The SMILES string of the molecule is CCCCCCCCCCCCCCCC(=O)OC[C@@H](COP(=O)(Cl)OCC[N+](C)(C)C)OC(=O)CCCCCCCCCCCCCCC.Cc1ccc(S(=O)(=O)[O-])cc1. The molecule has 11 nitrogen and oxygen atoms in total. The highest BCUT2D eigenvalue weighted by Crippen LogP contribution is 2.53. The van der Waals surface area contributed by atoms with Crippen molar-refractivity contribution in [3.63, 3.8) is 0 Å². The molecule has 0 aromatic heterocycles. The van der Waals surface area contributed by atoms with E-state index < -0.39 is 23.2 Å². The number of unbranched alkanes of at least 4 members (excludes halogenated alkanes) is 24. The number of nitrogens with zero attached hydrogens (tertiary/aromatic N) is 1. The van der Waals surface area contributed by atoms with Crippen LogP contribution in [0.5, 0.6) is 0 Å². The Bertz CT molecular complexity index is 1370. The third-order valence-corrected chi connectivity index (χ3v) is 12.8. The molecule has 0 heterocycles. The summed E-state index contributed by atoms with van der Waals surface area (Å²) < 4.78 is 66.2. The van der Waals surface area contributed by atoms with Crippen LogP contribution in [0.2, 0.25) is 0 Å². The maximum Gasteiger partial charge on any atom is 0.424 e. The number of likely N-dealkylation sites (N-methyl/N-ethyl adjacent to an activating group) is 1. The van der Waals surface area contributed by atoms with Crippen molar-refractivity contribution in [1.82, 2.24) is 0 Å². The molecule has 0 N–H and O–H groups in total. The molecule has 0 amide bonds. The first-order valence-electron chi connectivity index (χ1n) is 23.8. The van der Waals surface area contributed by atoms with Crippen molar-refractivity contribution in [2.45, 2.75) is 212 Å². The van der Waals surface area contributed by atoms with Crippen LogP contribution < -0.4 is 0 Å². The van der Waals surface area contributed by atoms with Crippen molar-refractivity contribution >= 4 is 40.2 Å². The summed E-state index contributed by atoms with van der Waals surface area (Å²) in [6.07, 6.45) is 31.8. The van der Waals surface area contributed by atoms with E-state index in [2.05, 4.69) is 13.8 Å². The topological polar surface area (TPSA) is 145 Å². The lowest BCUT2D eigenvalue weighted by molar-refractivity contribution is -0.870. The summed E-state index contributed by atoms with van der Waals surface area (Å²) in [5.74, 6) is -0.719. The van der Waals surface area contributed by atoms with Gasteiger partial charge in [0.25, 0.3) is 0 Å². The second-order valence-electron chi connectivity index (χ2n) is 17.6. The van der Waals surface area contributed by atoms with Gasteiger partial charge in [-0.15, -0.1) is 0 Å². The van der Waals surface area contributed by atoms with Crippen LogP contribution >= 0.6 is 18.2 Å². The van der Waals surface area contributed by atoms with Gasteiger partial charge in [0.05, 0.1) is 32.6 Å². The summed E-state index contributed by atoms with van der Waals surface area (Å²) in [6, 6.07) is 5.78. The van der Waals surface area contributed by atoms with Crippen molar-refractivity contribution in [2.24, 2.45) is 0 Å². The standard InChI is InChI=1S/C40H80ClNO7P.C7H8O3S/c1-6-8-10-12-14-16-18-20-22-24-26-28-30-32-39(43)46-36-38(37-48-50(41,45)47-35-34-42(3,4)5)49-40(44)33-31-29-27-25-23-21-19-17-15-13-11-9-7-2;1-6-2-4-7(5-3-6)11(8,9)10/h38H,6-37H2,1-5H3;2-5H,1H3,(H,8,9,10)/q+1;/p-1/t38-,50?;/m0./s1. The molecular formula is C47H87ClNO10PS. The van der Waals surface area contributed by atoms with Crippen molar-refractivity contribution in [3.05, 3.63) is 29.8 Å². The second kappa shape index (κ2) is 37.8. The molecule has 0 saturated carbocycles. The van der Waals surface area contributed by atoms with Crippen molar-refractivity contribution in [1.29, 1.82) is 0 Å². The van der Waals surface area contributed by atoms with Gasteiger partial charge < -0.3 is 18.5 Å². The average Bonchev–Trinajstić information content (AvgIpc) is 3.19. The van der Waals surface area contributed by atoms with Crippen LogP contribution in [-0.2, 0) is 42.8 Å². The number of rotatable bonds is 39. The van der Waals surface area contributed by atoms with Gasteiger partial charge in [-0.3, -0.25) is 18.6 Å². The first kappa shape index (κ1) is 59.5. The van der Waals surface area contributed by atoms with E-state index in [4.69, 9.17) is 29.8 Å². The molecule has 358 valence electrons. The Morgan fingerprint density at radius 2 is 1.00 bits per heavy atom. The third-order valence-electron chi connectivity index (χ3n) is 10.4. The van der Waals surface area contributed by atoms with Crippen LogP contribution in [0, 0.1) is 6.92 Å². The fourth-order valence-electron chi connectivity index (χ4n) is 6.53. The Balaban J connectivity index is 0.00000280. The maximum atomic E-state index is 12.7. The van der Waals surface area contributed by atoms with Gasteiger partial charge >= 0.3 is 18.9 Å². The first-order valence-corrected chi connectivity index (χ1v) is 27.6. The normalized spacial score (nSPS) is 13.2. The summed E-state index contributed by atoms with van der Waals surface area (Å²) in [6.45, 7) is 2.74. The number of quaternary nitrogens is 1. The zero-order chi connectivity index (χ0) is 45.7. The summed E-state index contributed by atoms with van der Waals surface area (Å²) >= 11 is 6.03. The highest BCUT2D eigenvalue weighted by Gasteiger charge is 2.27. The monoisotopic (exact) mass is 924 g/mol. The van der Waals surface area contributed by atoms with Crippen LogP contribution in [0.3, 0.4) is 0 Å². The van der Waals surface area contributed by atoms with Gasteiger partial charge in [0.1, 0.15) is 29.9 Å². The Kier molecular flexibility index (Phi) is 36.9. The highest BCUT2D eigenvalue weighted by molar-refractivity contribution is 7.85. The van der Waals surface area contributed by atoms with E-state index in [9.17, 15) is 27.1 Å². The summed E-state index contributed by atoms with van der Waals surface area (Å²) in [7, 11) is 1.70. The van der Waals surface area contributed by atoms with Gasteiger partial charge in [0.2, 0.25) is 0 Å². The smallest absolute Gasteiger partial charge is 0.424 e. The maximum absolute atomic E-state index is 12.7. The highest BCUT2D eigenvalue weighted by atomic mass is 35.7. The van der Waals surface area contributed by atoms with Gasteiger partial charge in [-0.1, -0.05) is 186 Å². The molecule has 1 aromatic carbocycles. The van der Waals surface area contributed by atoms with Crippen molar-refractivity contribution in [2.75, 3.05) is 47.5 Å². The lowest BCUT2D eigenvalue weighted by Gasteiger charge is -2.24. The Morgan fingerprint density at radius 3 is 1.38 bits per heavy atom.